The van der Waals surface area contributed by atoms with E-state index < -0.39 is 18.0 Å². The number of Topliss-reactive ketones (excluding diaryl/α,β-unsaturated/α-hetero) is 1. The lowest BCUT2D eigenvalue weighted by atomic mass is 10.1. The highest BCUT2D eigenvalue weighted by Gasteiger charge is 2.21. The van der Waals surface area contributed by atoms with Gasteiger partial charge in [0.25, 0.3) is 5.91 Å². The van der Waals surface area contributed by atoms with Crippen LogP contribution in [0.25, 0.3) is 0 Å². The number of carbonyl (C=O) groups excluding carboxylic acids is 3. The summed E-state index contributed by atoms with van der Waals surface area (Å²) in [6.07, 6.45) is -0.985. The number of hydrogen-bond donors (Lipinski definition) is 1. The van der Waals surface area contributed by atoms with Crippen molar-refractivity contribution in [3.8, 4) is 11.5 Å². The van der Waals surface area contributed by atoms with Crippen LogP contribution in [0.3, 0.4) is 0 Å². The summed E-state index contributed by atoms with van der Waals surface area (Å²) in [4.78, 5) is 36.3. The Morgan fingerprint density at radius 2 is 1.74 bits per heavy atom. The lowest BCUT2D eigenvalue weighted by Gasteiger charge is -2.13. The number of benzene rings is 2. The molecule has 140 valence electrons. The molecular weight excluding hydrogens is 374 g/mol. The second-order valence-electron chi connectivity index (χ2n) is 5.75. The quantitative estimate of drug-likeness (QED) is 0.603. The van der Waals surface area contributed by atoms with Gasteiger partial charge in [0.1, 0.15) is 6.54 Å². The van der Waals surface area contributed by atoms with Crippen LogP contribution in [0.1, 0.15) is 27.6 Å². The highest BCUT2D eigenvalue weighted by atomic mass is 35.5. The zero-order valence-corrected chi connectivity index (χ0v) is 15.1. The highest BCUT2D eigenvalue weighted by Crippen LogP contribution is 2.32. The molecule has 1 N–H and O–H groups in total. The van der Waals surface area contributed by atoms with Crippen LogP contribution >= 0.6 is 11.6 Å². The lowest BCUT2D eigenvalue weighted by molar-refractivity contribution is -0.145. The molecule has 0 unspecified atom stereocenters. The first-order chi connectivity index (χ1) is 12.9. The van der Waals surface area contributed by atoms with Gasteiger partial charge in [0.15, 0.2) is 17.6 Å². The van der Waals surface area contributed by atoms with Crippen molar-refractivity contribution in [2.24, 2.45) is 0 Å². The van der Waals surface area contributed by atoms with E-state index in [4.69, 9.17) is 25.8 Å². The summed E-state index contributed by atoms with van der Waals surface area (Å²) < 4.78 is 15.5. The van der Waals surface area contributed by atoms with Gasteiger partial charge in [-0.15, -0.1) is 0 Å². The van der Waals surface area contributed by atoms with E-state index in [0.29, 0.717) is 27.6 Å². The van der Waals surface area contributed by atoms with Gasteiger partial charge < -0.3 is 19.5 Å². The number of esters is 1. The molecule has 2 aromatic rings. The lowest BCUT2D eigenvalue weighted by Crippen LogP contribution is -2.34. The van der Waals surface area contributed by atoms with E-state index in [1.807, 2.05) is 0 Å². The number of fused-ring (bicyclic) bond motifs is 1. The molecule has 0 spiro atoms. The van der Waals surface area contributed by atoms with Crippen LogP contribution in [0.4, 0.5) is 0 Å². The first-order valence-electron chi connectivity index (χ1n) is 8.11. The summed E-state index contributed by atoms with van der Waals surface area (Å²) in [6.45, 7) is 1.20. The van der Waals surface area contributed by atoms with Crippen LogP contribution in [0.2, 0.25) is 5.02 Å². The molecule has 0 radical (unpaired) electrons. The molecule has 0 saturated heterocycles. The fraction of sp³-hybridized carbons (Fsp3) is 0.211. The van der Waals surface area contributed by atoms with Crippen molar-refractivity contribution >= 4 is 29.3 Å². The maximum Gasteiger partial charge on any atom is 0.326 e. The summed E-state index contributed by atoms with van der Waals surface area (Å²) in [5, 5.41) is 2.95. The Kier molecular flexibility index (Phi) is 5.61. The molecule has 1 heterocycles. The molecule has 1 aliphatic rings. The minimum atomic E-state index is -0.985. The van der Waals surface area contributed by atoms with Gasteiger partial charge in [-0.25, -0.2) is 0 Å². The maximum absolute atomic E-state index is 12.2. The third-order valence-corrected chi connectivity index (χ3v) is 4.09. The second kappa shape index (κ2) is 8.09. The molecule has 27 heavy (non-hydrogen) atoms. The minimum Gasteiger partial charge on any atom is -0.454 e. The summed E-state index contributed by atoms with van der Waals surface area (Å²) >= 11 is 5.78. The monoisotopic (exact) mass is 389 g/mol. The van der Waals surface area contributed by atoms with Crippen LogP contribution in [-0.2, 0) is 9.53 Å². The van der Waals surface area contributed by atoms with Crippen LogP contribution in [-0.4, -0.2) is 37.1 Å². The zero-order chi connectivity index (χ0) is 19.4. The van der Waals surface area contributed by atoms with Gasteiger partial charge in [0, 0.05) is 16.1 Å². The molecule has 0 fully saturated rings. The number of nitrogens with one attached hydrogen (secondary N) is 1. The first-order valence-corrected chi connectivity index (χ1v) is 8.49. The number of rotatable bonds is 6. The van der Waals surface area contributed by atoms with Crippen LogP contribution < -0.4 is 14.8 Å². The molecule has 7 nitrogen and oxygen atoms in total. The van der Waals surface area contributed by atoms with Crippen LogP contribution in [0, 0.1) is 0 Å². The molecule has 8 heteroatoms. The fourth-order valence-corrected chi connectivity index (χ4v) is 2.56. The molecule has 1 aliphatic heterocycles. The molecule has 2 aromatic carbocycles. The average molecular weight is 390 g/mol. The van der Waals surface area contributed by atoms with Crippen LogP contribution in [0.5, 0.6) is 11.5 Å². The summed E-state index contributed by atoms with van der Waals surface area (Å²) in [5.41, 5.74) is 0.696. The van der Waals surface area contributed by atoms with E-state index >= 15 is 0 Å². The number of amides is 1. The van der Waals surface area contributed by atoms with Crippen molar-refractivity contribution < 1.29 is 28.6 Å². The number of ether oxygens (including phenoxy) is 3. The Morgan fingerprint density at radius 3 is 2.48 bits per heavy atom. The van der Waals surface area contributed by atoms with Crippen molar-refractivity contribution in [1.82, 2.24) is 5.32 Å². The molecular formula is C19H16ClNO6. The van der Waals surface area contributed by atoms with Crippen molar-refractivity contribution in [2.45, 2.75) is 13.0 Å². The van der Waals surface area contributed by atoms with E-state index in [0.717, 1.165) is 0 Å². The van der Waals surface area contributed by atoms with Crippen molar-refractivity contribution in [3.05, 3.63) is 58.6 Å². The van der Waals surface area contributed by atoms with E-state index in [1.54, 1.807) is 36.4 Å². The Morgan fingerprint density at radius 1 is 1.07 bits per heavy atom. The topological polar surface area (TPSA) is 90.9 Å². The van der Waals surface area contributed by atoms with Crippen molar-refractivity contribution in [2.75, 3.05) is 13.3 Å². The van der Waals surface area contributed by atoms with Crippen LogP contribution in [0.15, 0.2) is 42.5 Å². The van der Waals surface area contributed by atoms with E-state index in [9.17, 15) is 14.4 Å². The Balaban J connectivity index is 1.50. The third-order valence-electron chi connectivity index (χ3n) is 3.83. The van der Waals surface area contributed by atoms with E-state index in [1.165, 1.54) is 13.0 Å². The average Bonchev–Trinajstić information content (AvgIpc) is 3.13. The third kappa shape index (κ3) is 4.57. The summed E-state index contributed by atoms with van der Waals surface area (Å²) in [7, 11) is 0. The van der Waals surface area contributed by atoms with Crippen molar-refractivity contribution in [1.29, 1.82) is 0 Å². The van der Waals surface area contributed by atoms with E-state index in [2.05, 4.69) is 5.32 Å². The smallest absolute Gasteiger partial charge is 0.326 e. The minimum absolute atomic E-state index is 0.103. The molecule has 0 aliphatic carbocycles. The van der Waals surface area contributed by atoms with Gasteiger partial charge in [0.05, 0.1) is 0 Å². The summed E-state index contributed by atoms with van der Waals surface area (Å²) in [5.74, 6) is -0.532. The van der Waals surface area contributed by atoms with Gasteiger partial charge in [-0.3, -0.25) is 14.4 Å². The molecule has 0 aromatic heterocycles. The Labute approximate surface area is 160 Å². The molecule has 3 rings (SSSR count). The van der Waals surface area contributed by atoms with Gasteiger partial charge in [-0.1, -0.05) is 11.6 Å². The molecule has 0 saturated carbocycles. The molecule has 1 atom stereocenters. The first kappa shape index (κ1) is 18.7. The van der Waals surface area contributed by atoms with Gasteiger partial charge in [-0.05, 0) is 49.4 Å². The standard InChI is InChI=1S/C19H16ClNO6/c1-11(18(23)12-2-5-14(20)6-3-12)27-17(22)9-21-19(24)13-4-7-15-16(8-13)26-10-25-15/h2-8,11H,9-10H2,1H3,(H,21,24)/t11-/m0/s1. The Bertz CT molecular complexity index is 880. The SMILES string of the molecule is C[C@H](OC(=O)CNC(=O)c1ccc2c(c1)OCO2)C(=O)c1ccc(Cl)cc1. The number of ketones is 1. The van der Waals surface area contributed by atoms with Gasteiger partial charge >= 0.3 is 5.97 Å². The molecule has 1 amide bonds. The Hall–Kier alpha value is -3.06. The number of halogens is 1. The largest absolute Gasteiger partial charge is 0.454 e. The van der Waals surface area contributed by atoms with Gasteiger partial charge in [0.2, 0.25) is 12.6 Å². The second-order valence-corrected chi connectivity index (χ2v) is 6.19. The zero-order valence-electron chi connectivity index (χ0n) is 14.4. The predicted molar refractivity (Wildman–Crippen MR) is 96.2 cm³/mol. The van der Waals surface area contributed by atoms with Gasteiger partial charge in [-0.2, -0.15) is 0 Å². The maximum atomic E-state index is 12.2. The highest BCUT2D eigenvalue weighted by molar-refractivity contribution is 6.30. The number of hydrogen-bond acceptors (Lipinski definition) is 6. The summed E-state index contributed by atoms with van der Waals surface area (Å²) in [6, 6.07) is 11.0. The normalized spacial score (nSPS) is 13.0. The number of carbonyl (C=O) groups is 3. The fourth-order valence-electron chi connectivity index (χ4n) is 2.43. The van der Waals surface area contributed by atoms with Crippen molar-refractivity contribution in [3.63, 3.8) is 0 Å². The predicted octanol–water partition coefficient (Wildman–Crippen LogP) is 2.61. The molecule has 0 bridgehead atoms. The van der Waals surface area contributed by atoms with E-state index in [-0.39, 0.29) is 19.1 Å².